The number of hydrogen-bond acceptors (Lipinski definition) is 4. The molecule has 29 heavy (non-hydrogen) atoms. The van der Waals surface area contributed by atoms with Crippen LogP contribution in [0.3, 0.4) is 0 Å². The van der Waals surface area contributed by atoms with E-state index >= 15 is 0 Å². The maximum Gasteiger partial charge on any atom is 0.243 e. The molecule has 2 aromatic rings. The van der Waals surface area contributed by atoms with E-state index in [9.17, 15) is 13.2 Å². The fourth-order valence-corrected chi connectivity index (χ4v) is 5.26. The molecule has 1 aliphatic rings. The minimum Gasteiger partial charge on any atom is -0.492 e. The molecular weight excluding hydrogens is 480 g/mol. The number of amides is 1. The predicted octanol–water partition coefficient (Wildman–Crippen LogP) is 4.54. The van der Waals surface area contributed by atoms with E-state index < -0.39 is 10.0 Å². The molecule has 1 saturated heterocycles. The topological polar surface area (TPSA) is 75.7 Å². The van der Waals surface area contributed by atoms with Gasteiger partial charge in [0.1, 0.15) is 5.75 Å². The number of carbonyl (C=O) groups is 1. The number of halogens is 2. The van der Waals surface area contributed by atoms with Crippen LogP contribution in [0.1, 0.15) is 19.8 Å². The third kappa shape index (κ3) is 5.31. The summed E-state index contributed by atoms with van der Waals surface area (Å²) in [5.41, 5.74) is 0.720. The third-order valence-electron chi connectivity index (χ3n) is 4.78. The van der Waals surface area contributed by atoms with Crippen LogP contribution in [0.4, 0.5) is 5.69 Å². The van der Waals surface area contributed by atoms with Crippen molar-refractivity contribution in [3.63, 3.8) is 0 Å². The van der Waals surface area contributed by atoms with Crippen molar-refractivity contribution in [2.45, 2.75) is 24.7 Å². The Hall–Kier alpha value is -1.61. The molecule has 2 aromatic carbocycles. The van der Waals surface area contributed by atoms with E-state index in [4.69, 9.17) is 16.3 Å². The minimum absolute atomic E-state index is 0.0894. The molecule has 9 heteroatoms. The molecule has 0 radical (unpaired) electrons. The van der Waals surface area contributed by atoms with Gasteiger partial charge in [0.05, 0.1) is 16.5 Å². The minimum atomic E-state index is -3.67. The molecule has 0 atom stereocenters. The van der Waals surface area contributed by atoms with E-state index in [2.05, 4.69) is 21.2 Å². The van der Waals surface area contributed by atoms with Crippen molar-refractivity contribution in [2.24, 2.45) is 5.92 Å². The van der Waals surface area contributed by atoms with Crippen molar-refractivity contribution in [2.75, 3.05) is 25.0 Å². The van der Waals surface area contributed by atoms with Crippen LogP contribution in [-0.2, 0) is 14.8 Å². The van der Waals surface area contributed by atoms with Crippen LogP contribution in [0.25, 0.3) is 0 Å². The monoisotopic (exact) mass is 500 g/mol. The highest BCUT2D eigenvalue weighted by Gasteiger charge is 2.32. The number of carbonyl (C=O) groups excluding carboxylic acids is 1. The Morgan fingerprint density at radius 2 is 1.86 bits per heavy atom. The summed E-state index contributed by atoms with van der Waals surface area (Å²) < 4.78 is 33.6. The second-order valence-electron chi connectivity index (χ2n) is 6.70. The highest BCUT2D eigenvalue weighted by atomic mass is 79.9. The molecule has 3 rings (SSSR count). The fourth-order valence-electron chi connectivity index (χ4n) is 3.20. The number of ether oxygens (including phenoxy) is 1. The lowest BCUT2D eigenvalue weighted by molar-refractivity contribution is -0.120. The fraction of sp³-hybridized carbons (Fsp3) is 0.350. The molecule has 0 unspecified atom stereocenters. The van der Waals surface area contributed by atoms with Gasteiger partial charge in [-0.1, -0.05) is 27.5 Å². The molecule has 6 nitrogen and oxygen atoms in total. The highest BCUT2D eigenvalue weighted by molar-refractivity contribution is 9.10. The van der Waals surface area contributed by atoms with E-state index in [1.807, 2.05) is 31.2 Å². The Labute approximate surface area is 184 Å². The number of sulfonamides is 1. The van der Waals surface area contributed by atoms with Gasteiger partial charge in [0.25, 0.3) is 0 Å². The molecule has 0 spiro atoms. The lowest BCUT2D eigenvalue weighted by Gasteiger charge is -2.30. The summed E-state index contributed by atoms with van der Waals surface area (Å²) in [5, 5.41) is 3.15. The third-order valence-corrected chi connectivity index (χ3v) is 7.50. The Kier molecular flexibility index (Phi) is 7.21. The summed E-state index contributed by atoms with van der Waals surface area (Å²) in [5.74, 6) is 0.138. The largest absolute Gasteiger partial charge is 0.492 e. The average molecular weight is 502 g/mol. The Morgan fingerprint density at radius 1 is 1.21 bits per heavy atom. The zero-order valence-electron chi connectivity index (χ0n) is 15.9. The molecule has 0 aromatic heterocycles. The lowest BCUT2D eigenvalue weighted by Crippen LogP contribution is -2.41. The molecule has 0 aliphatic carbocycles. The van der Waals surface area contributed by atoms with Gasteiger partial charge >= 0.3 is 0 Å². The van der Waals surface area contributed by atoms with E-state index in [0.717, 1.165) is 10.2 Å². The average Bonchev–Trinajstić information content (AvgIpc) is 2.71. The zero-order valence-corrected chi connectivity index (χ0v) is 19.1. The summed E-state index contributed by atoms with van der Waals surface area (Å²) in [7, 11) is -3.67. The summed E-state index contributed by atoms with van der Waals surface area (Å²) >= 11 is 9.50. The normalized spacial score (nSPS) is 15.8. The van der Waals surface area contributed by atoms with E-state index in [1.165, 1.54) is 16.4 Å². The molecule has 1 aliphatic heterocycles. The summed E-state index contributed by atoms with van der Waals surface area (Å²) in [6, 6.07) is 11.8. The maximum atomic E-state index is 12.9. The van der Waals surface area contributed by atoms with Gasteiger partial charge < -0.3 is 10.1 Å². The van der Waals surface area contributed by atoms with Gasteiger partial charge in [-0.15, -0.1) is 0 Å². The molecule has 1 N–H and O–H groups in total. The molecular formula is C20H22BrClN2O4S. The van der Waals surface area contributed by atoms with E-state index in [0.29, 0.717) is 25.2 Å². The van der Waals surface area contributed by atoms with Crippen LogP contribution in [0.5, 0.6) is 5.75 Å². The van der Waals surface area contributed by atoms with Crippen molar-refractivity contribution in [1.82, 2.24) is 4.31 Å². The van der Waals surface area contributed by atoms with Crippen LogP contribution in [-0.4, -0.2) is 38.3 Å². The van der Waals surface area contributed by atoms with E-state index in [1.54, 1.807) is 6.07 Å². The highest BCUT2D eigenvalue weighted by Crippen LogP contribution is 2.30. The Morgan fingerprint density at radius 3 is 2.45 bits per heavy atom. The van der Waals surface area contributed by atoms with Crippen molar-refractivity contribution in [3.05, 3.63) is 52.0 Å². The van der Waals surface area contributed by atoms with Crippen molar-refractivity contribution >= 4 is 49.1 Å². The standard InChI is InChI=1S/C20H22BrClN2O4S/c1-2-28-19-8-7-17(13-18(19)22)29(26,27)24-11-9-14(10-12-24)20(25)23-16-5-3-15(21)4-6-16/h3-8,13-14H,2,9-12H2,1H3,(H,23,25). The predicted molar refractivity (Wildman–Crippen MR) is 117 cm³/mol. The number of nitrogens with zero attached hydrogens (tertiary/aromatic N) is 1. The first-order valence-corrected chi connectivity index (χ1v) is 11.9. The first kappa shape index (κ1) is 22.1. The van der Waals surface area contributed by atoms with Gasteiger partial charge in [-0.3, -0.25) is 4.79 Å². The van der Waals surface area contributed by atoms with Gasteiger partial charge in [0, 0.05) is 29.2 Å². The zero-order chi connectivity index (χ0) is 21.0. The Bertz CT molecular complexity index is 974. The second-order valence-corrected chi connectivity index (χ2v) is 9.96. The molecule has 1 heterocycles. The van der Waals surface area contributed by atoms with Crippen LogP contribution in [0.15, 0.2) is 51.8 Å². The second kappa shape index (κ2) is 9.47. The van der Waals surface area contributed by atoms with Gasteiger partial charge in [0.2, 0.25) is 15.9 Å². The van der Waals surface area contributed by atoms with Crippen molar-refractivity contribution in [3.8, 4) is 5.75 Å². The van der Waals surface area contributed by atoms with Crippen molar-refractivity contribution < 1.29 is 17.9 Å². The first-order valence-electron chi connectivity index (χ1n) is 9.30. The number of rotatable bonds is 6. The SMILES string of the molecule is CCOc1ccc(S(=O)(=O)N2CCC(C(=O)Nc3ccc(Br)cc3)CC2)cc1Cl. The summed E-state index contributed by atoms with van der Waals surface area (Å²) in [4.78, 5) is 12.6. The quantitative estimate of drug-likeness (QED) is 0.630. The van der Waals surface area contributed by atoms with Crippen LogP contribution < -0.4 is 10.1 Å². The Balaban J connectivity index is 1.62. The number of hydrogen-bond donors (Lipinski definition) is 1. The van der Waals surface area contributed by atoms with Crippen LogP contribution >= 0.6 is 27.5 Å². The number of piperidine rings is 1. The summed E-state index contributed by atoms with van der Waals surface area (Å²) in [6.45, 7) is 2.84. The smallest absolute Gasteiger partial charge is 0.243 e. The van der Waals surface area contributed by atoms with Gasteiger partial charge in [-0.2, -0.15) is 4.31 Å². The molecule has 156 valence electrons. The lowest BCUT2D eigenvalue weighted by atomic mass is 9.97. The van der Waals surface area contributed by atoms with E-state index in [-0.39, 0.29) is 34.8 Å². The van der Waals surface area contributed by atoms with Crippen LogP contribution in [0, 0.1) is 5.92 Å². The molecule has 0 saturated carbocycles. The van der Waals surface area contributed by atoms with Crippen molar-refractivity contribution in [1.29, 1.82) is 0 Å². The van der Waals surface area contributed by atoms with Gasteiger partial charge in [-0.05, 0) is 62.2 Å². The summed E-state index contributed by atoms with van der Waals surface area (Å²) in [6.07, 6.45) is 0.929. The van der Waals surface area contributed by atoms with Gasteiger partial charge in [-0.25, -0.2) is 8.42 Å². The molecule has 1 amide bonds. The number of anilines is 1. The molecule has 0 bridgehead atoms. The number of benzene rings is 2. The maximum absolute atomic E-state index is 12.9. The van der Waals surface area contributed by atoms with Crippen LogP contribution in [0.2, 0.25) is 5.02 Å². The number of nitrogens with one attached hydrogen (secondary N) is 1. The first-order chi connectivity index (χ1) is 13.8. The van der Waals surface area contributed by atoms with Gasteiger partial charge in [0.15, 0.2) is 0 Å². The molecule has 1 fully saturated rings.